The first-order valence-corrected chi connectivity index (χ1v) is 9.43. The third-order valence-electron chi connectivity index (χ3n) is 4.21. The van der Waals surface area contributed by atoms with E-state index in [4.69, 9.17) is 15.2 Å². The van der Waals surface area contributed by atoms with E-state index in [2.05, 4.69) is 20.3 Å². The Morgan fingerprint density at radius 3 is 2.39 bits per heavy atom. The number of ether oxygens (including phenoxy) is 2. The van der Waals surface area contributed by atoms with Crippen LogP contribution < -0.4 is 20.5 Å². The molecule has 0 fully saturated rings. The maximum Gasteiger partial charge on any atom is 0.232 e. The number of anilines is 2. The fourth-order valence-electron chi connectivity index (χ4n) is 2.90. The highest BCUT2D eigenvalue weighted by Crippen LogP contribution is 2.36. The molecule has 1 amide bonds. The van der Waals surface area contributed by atoms with E-state index in [0.29, 0.717) is 22.7 Å². The monoisotopic (exact) mass is 413 g/mol. The standard InChI is InChI=1S/C23H19N5O3/c1-15(29)28-17-11-20(13-25-12-17)31-23-21(22(24)26-14-27-23)16-7-9-19(10-8-16)30-18-5-3-2-4-6-18/h2-14H,1H3,(H,28,29)(H2,24,26,27). The zero-order valence-electron chi connectivity index (χ0n) is 16.6. The van der Waals surface area contributed by atoms with E-state index in [1.165, 1.54) is 25.6 Å². The Hall–Kier alpha value is -4.46. The Kier molecular flexibility index (Phi) is 5.70. The van der Waals surface area contributed by atoms with Crippen LogP contribution in [0.4, 0.5) is 11.5 Å². The van der Waals surface area contributed by atoms with Crippen LogP contribution in [0.3, 0.4) is 0 Å². The highest BCUT2D eigenvalue weighted by molar-refractivity contribution is 5.88. The molecule has 0 saturated heterocycles. The SMILES string of the molecule is CC(=O)Nc1cncc(Oc2ncnc(N)c2-c2ccc(Oc3ccccc3)cc2)c1. The van der Waals surface area contributed by atoms with Crippen molar-refractivity contribution in [1.29, 1.82) is 0 Å². The second-order valence-electron chi connectivity index (χ2n) is 6.57. The molecule has 0 aliphatic rings. The number of nitrogens with one attached hydrogen (secondary N) is 1. The van der Waals surface area contributed by atoms with Gasteiger partial charge in [-0.1, -0.05) is 30.3 Å². The predicted molar refractivity (Wildman–Crippen MR) is 117 cm³/mol. The molecular formula is C23H19N5O3. The zero-order valence-corrected chi connectivity index (χ0v) is 16.6. The number of nitrogens with zero attached hydrogens (tertiary/aromatic N) is 3. The molecule has 8 nitrogen and oxygen atoms in total. The van der Waals surface area contributed by atoms with E-state index < -0.39 is 0 Å². The number of aromatic nitrogens is 3. The lowest BCUT2D eigenvalue weighted by atomic mass is 10.1. The maximum atomic E-state index is 11.3. The number of nitrogen functional groups attached to an aromatic ring is 1. The summed E-state index contributed by atoms with van der Waals surface area (Å²) in [6.07, 6.45) is 4.37. The van der Waals surface area contributed by atoms with Crippen LogP contribution in [0.15, 0.2) is 79.4 Å². The molecule has 0 radical (unpaired) electrons. The van der Waals surface area contributed by atoms with Crippen molar-refractivity contribution in [2.24, 2.45) is 0 Å². The average Bonchev–Trinajstić information content (AvgIpc) is 2.75. The second-order valence-corrected chi connectivity index (χ2v) is 6.57. The van der Waals surface area contributed by atoms with E-state index in [1.54, 1.807) is 6.07 Å². The van der Waals surface area contributed by atoms with Gasteiger partial charge in [0.1, 0.15) is 29.4 Å². The lowest BCUT2D eigenvalue weighted by Gasteiger charge is -2.13. The summed E-state index contributed by atoms with van der Waals surface area (Å²) >= 11 is 0. The Bertz CT molecular complexity index is 1200. The molecule has 0 spiro atoms. The highest BCUT2D eigenvalue weighted by atomic mass is 16.5. The van der Waals surface area contributed by atoms with Crippen LogP contribution in [0.1, 0.15) is 6.92 Å². The van der Waals surface area contributed by atoms with Crippen molar-refractivity contribution in [1.82, 2.24) is 15.0 Å². The first-order chi connectivity index (χ1) is 15.1. The van der Waals surface area contributed by atoms with E-state index in [9.17, 15) is 4.79 Å². The number of pyridine rings is 1. The first kappa shape index (κ1) is 19.8. The van der Waals surface area contributed by atoms with Gasteiger partial charge in [0, 0.05) is 13.0 Å². The lowest BCUT2D eigenvalue weighted by Crippen LogP contribution is -2.06. The van der Waals surface area contributed by atoms with E-state index in [-0.39, 0.29) is 17.6 Å². The van der Waals surface area contributed by atoms with Crippen LogP contribution in [0.5, 0.6) is 23.1 Å². The van der Waals surface area contributed by atoms with Gasteiger partial charge in [0.2, 0.25) is 11.8 Å². The molecule has 0 aliphatic carbocycles. The van der Waals surface area contributed by atoms with Crippen LogP contribution >= 0.6 is 0 Å². The largest absolute Gasteiger partial charge is 0.457 e. The summed E-state index contributed by atoms with van der Waals surface area (Å²) in [7, 11) is 0. The predicted octanol–water partition coefficient (Wildman–Crippen LogP) is 4.66. The Morgan fingerprint density at radius 1 is 0.903 bits per heavy atom. The highest BCUT2D eigenvalue weighted by Gasteiger charge is 2.15. The molecular weight excluding hydrogens is 394 g/mol. The van der Waals surface area contributed by atoms with E-state index >= 15 is 0 Å². The van der Waals surface area contributed by atoms with Crippen molar-refractivity contribution in [2.45, 2.75) is 6.92 Å². The summed E-state index contributed by atoms with van der Waals surface area (Å²) < 4.78 is 11.8. The molecule has 8 heteroatoms. The second kappa shape index (κ2) is 8.91. The van der Waals surface area contributed by atoms with Gasteiger partial charge in [-0.25, -0.2) is 9.97 Å². The number of amides is 1. The van der Waals surface area contributed by atoms with Crippen LogP contribution in [0.2, 0.25) is 0 Å². The average molecular weight is 413 g/mol. The molecule has 2 aromatic carbocycles. The molecule has 2 heterocycles. The van der Waals surface area contributed by atoms with Gasteiger partial charge in [0.25, 0.3) is 0 Å². The van der Waals surface area contributed by atoms with Crippen molar-refractivity contribution < 1.29 is 14.3 Å². The Balaban J connectivity index is 1.60. The van der Waals surface area contributed by atoms with Crippen molar-refractivity contribution in [2.75, 3.05) is 11.1 Å². The van der Waals surface area contributed by atoms with Gasteiger partial charge in [-0.05, 0) is 29.8 Å². The summed E-state index contributed by atoms with van der Waals surface area (Å²) in [5.74, 6) is 2.16. The molecule has 0 unspecified atom stereocenters. The molecule has 4 rings (SSSR count). The number of hydrogen-bond donors (Lipinski definition) is 2. The van der Waals surface area contributed by atoms with Gasteiger partial charge in [0.05, 0.1) is 23.6 Å². The molecule has 2 aromatic heterocycles. The maximum absolute atomic E-state index is 11.3. The molecule has 31 heavy (non-hydrogen) atoms. The Labute approximate surface area is 178 Å². The summed E-state index contributed by atoms with van der Waals surface area (Å²) in [6.45, 7) is 1.42. The van der Waals surface area contributed by atoms with Crippen molar-refractivity contribution in [3.8, 4) is 34.3 Å². The molecule has 154 valence electrons. The number of carbonyl (C=O) groups excluding carboxylic acids is 1. The first-order valence-electron chi connectivity index (χ1n) is 9.43. The normalized spacial score (nSPS) is 10.4. The molecule has 3 N–H and O–H groups in total. The van der Waals surface area contributed by atoms with Gasteiger partial charge in [-0.3, -0.25) is 9.78 Å². The fourth-order valence-corrected chi connectivity index (χ4v) is 2.90. The summed E-state index contributed by atoms with van der Waals surface area (Å²) in [4.78, 5) is 23.7. The van der Waals surface area contributed by atoms with Gasteiger partial charge in [-0.2, -0.15) is 0 Å². The number of rotatable bonds is 6. The number of hydrogen-bond acceptors (Lipinski definition) is 7. The van der Waals surface area contributed by atoms with Crippen molar-refractivity contribution in [3.63, 3.8) is 0 Å². The van der Waals surface area contributed by atoms with Crippen LogP contribution in [-0.4, -0.2) is 20.9 Å². The molecule has 4 aromatic rings. The van der Waals surface area contributed by atoms with Crippen molar-refractivity contribution >= 4 is 17.4 Å². The van der Waals surface area contributed by atoms with Gasteiger partial charge in [0.15, 0.2) is 0 Å². The lowest BCUT2D eigenvalue weighted by molar-refractivity contribution is -0.114. The quantitative estimate of drug-likeness (QED) is 0.472. The number of para-hydroxylation sites is 1. The van der Waals surface area contributed by atoms with E-state index in [1.807, 2.05) is 54.6 Å². The molecule has 0 atom stereocenters. The summed E-state index contributed by atoms with van der Waals surface area (Å²) in [5.41, 5.74) is 7.94. The summed E-state index contributed by atoms with van der Waals surface area (Å²) in [6, 6.07) is 18.5. The van der Waals surface area contributed by atoms with Crippen molar-refractivity contribution in [3.05, 3.63) is 79.4 Å². The third-order valence-corrected chi connectivity index (χ3v) is 4.21. The fraction of sp³-hybridized carbons (Fsp3) is 0.0435. The topological polar surface area (TPSA) is 112 Å². The Morgan fingerprint density at radius 2 is 1.65 bits per heavy atom. The zero-order chi connectivity index (χ0) is 21.6. The number of carbonyl (C=O) groups is 1. The van der Waals surface area contributed by atoms with E-state index in [0.717, 1.165) is 11.3 Å². The summed E-state index contributed by atoms with van der Waals surface area (Å²) in [5, 5.41) is 2.66. The van der Waals surface area contributed by atoms with Crippen LogP contribution in [-0.2, 0) is 4.79 Å². The minimum Gasteiger partial charge on any atom is -0.457 e. The van der Waals surface area contributed by atoms with Gasteiger partial charge < -0.3 is 20.5 Å². The smallest absolute Gasteiger partial charge is 0.232 e. The minimum absolute atomic E-state index is 0.205. The number of nitrogens with two attached hydrogens (primary N) is 1. The molecule has 0 bridgehead atoms. The van der Waals surface area contributed by atoms with Gasteiger partial charge in [-0.15, -0.1) is 0 Å². The minimum atomic E-state index is -0.205. The van der Waals surface area contributed by atoms with Gasteiger partial charge >= 0.3 is 0 Å². The molecule has 0 saturated carbocycles. The number of benzene rings is 2. The molecule has 0 aliphatic heterocycles. The van der Waals surface area contributed by atoms with Crippen LogP contribution in [0.25, 0.3) is 11.1 Å². The van der Waals surface area contributed by atoms with Crippen LogP contribution in [0, 0.1) is 0 Å². The third kappa shape index (κ3) is 4.94.